The fraction of sp³-hybridized carbons (Fsp3) is 0.600. The monoisotopic (exact) mass is 342 g/mol. The number of carbonyl (C=O) groups excluding carboxylic acids is 1. The first-order valence-electron chi connectivity index (χ1n) is 7.32. The lowest BCUT2D eigenvalue weighted by atomic mass is 10.0. The molecule has 1 aliphatic heterocycles. The SMILES string of the molecule is CC(C)(C)OC(=O)N1CCc2ncc(COS(C)(=O)=O)cc2C1. The Bertz CT molecular complexity index is 694. The van der Waals surface area contributed by atoms with Crippen molar-refractivity contribution in [2.45, 2.75) is 45.9 Å². The quantitative estimate of drug-likeness (QED) is 0.779. The van der Waals surface area contributed by atoms with Gasteiger partial charge in [-0.25, -0.2) is 4.79 Å². The number of hydrogen-bond donors (Lipinski definition) is 0. The lowest BCUT2D eigenvalue weighted by Gasteiger charge is -2.30. The molecule has 0 aliphatic carbocycles. The molecule has 128 valence electrons. The maximum atomic E-state index is 12.1. The summed E-state index contributed by atoms with van der Waals surface area (Å²) >= 11 is 0. The van der Waals surface area contributed by atoms with Gasteiger partial charge in [0.05, 0.1) is 19.4 Å². The molecule has 2 heterocycles. The van der Waals surface area contributed by atoms with E-state index in [1.54, 1.807) is 11.1 Å². The first kappa shape index (κ1) is 17.7. The Hall–Kier alpha value is -1.67. The molecule has 0 spiro atoms. The number of nitrogens with zero attached hydrogens (tertiary/aromatic N) is 2. The molecular formula is C15H22N2O5S. The number of aromatic nitrogens is 1. The van der Waals surface area contributed by atoms with Crippen LogP contribution in [0.4, 0.5) is 4.79 Å². The van der Waals surface area contributed by atoms with E-state index in [9.17, 15) is 13.2 Å². The fourth-order valence-electron chi connectivity index (χ4n) is 2.21. The van der Waals surface area contributed by atoms with Crippen molar-refractivity contribution >= 4 is 16.2 Å². The Morgan fingerprint density at radius 3 is 2.70 bits per heavy atom. The summed E-state index contributed by atoms with van der Waals surface area (Å²) in [6.45, 7) is 6.35. The molecule has 1 aliphatic rings. The first-order valence-corrected chi connectivity index (χ1v) is 9.14. The Kier molecular flexibility index (Phi) is 4.95. The van der Waals surface area contributed by atoms with E-state index >= 15 is 0 Å². The van der Waals surface area contributed by atoms with Crippen LogP contribution in [-0.4, -0.2) is 42.8 Å². The summed E-state index contributed by atoms with van der Waals surface area (Å²) in [5.74, 6) is 0. The molecule has 0 N–H and O–H groups in total. The minimum atomic E-state index is -3.50. The second-order valence-corrected chi connectivity index (χ2v) is 8.21. The van der Waals surface area contributed by atoms with Crippen molar-refractivity contribution < 1.29 is 22.1 Å². The smallest absolute Gasteiger partial charge is 0.410 e. The van der Waals surface area contributed by atoms with Crippen molar-refractivity contribution in [1.82, 2.24) is 9.88 Å². The molecule has 2 rings (SSSR count). The van der Waals surface area contributed by atoms with Crippen LogP contribution in [0.1, 0.15) is 37.6 Å². The third-order valence-corrected chi connectivity index (χ3v) is 3.73. The minimum Gasteiger partial charge on any atom is -0.444 e. The van der Waals surface area contributed by atoms with Gasteiger partial charge in [0.15, 0.2) is 0 Å². The third kappa shape index (κ3) is 5.47. The van der Waals surface area contributed by atoms with Gasteiger partial charge in [-0.15, -0.1) is 0 Å². The van der Waals surface area contributed by atoms with Crippen LogP contribution in [0, 0.1) is 0 Å². The largest absolute Gasteiger partial charge is 0.444 e. The number of fused-ring (bicyclic) bond motifs is 1. The van der Waals surface area contributed by atoms with Crippen molar-refractivity contribution in [2.24, 2.45) is 0 Å². The predicted molar refractivity (Wildman–Crippen MR) is 84.2 cm³/mol. The number of pyridine rings is 1. The molecule has 7 nitrogen and oxygen atoms in total. The molecule has 1 amide bonds. The van der Waals surface area contributed by atoms with E-state index in [1.165, 1.54) is 0 Å². The van der Waals surface area contributed by atoms with E-state index in [4.69, 9.17) is 8.92 Å². The summed E-state index contributed by atoms with van der Waals surface area (Å²) in [6.07, 6.45) is 2.89. The van der Waals surface area contributed by atoms with Gasteiger partial charge < -0.3 is 9.64 Å². The number of carbonyl (C=O) groups is 1. The van der Waals surface area contributed by atoms with Gasteiger partial charge in [-0.05, 0) is 38.0 Å². The normalized spacial score (nSPS) is 15.2. The van der Waals surface area contributed by atoms with Crippen LogP contribution in [0.5, 0.6) is 0 Å². The average molecular weight is 342 g/mol. The number of amides is 1. The Morgan fingerprint density at radius 1 is 1.39 bits per heavy atom. The molecule has 0 atom stereocenters. The van der Waals surface area contributed by atoms with Crippen molar-refractivity contribution in [2.75, 3.05) is 12.8 Å². The maximum Gasteiger partial charge on any atom is 0.410 e. The fourth-order valence-corrected chi connectivity index (χ4v) is 2.56. The molecule has 0 radical (unpaired) electrons. The highest BCUT2D eigenvalue weighted by molar-refractivity contribution is 7.85. The van der Waals surface area contributed by atoms with Crippen LogP contribution in [0.25, 0.3) is 0 Å². The first-order chi connectivity index (χ1) is 10.5. The summed E-state index contributed by atoms with van der Waals surface area (Å²) in [5.41, 5.74) is 1.91. The van der Waals surface area contributed by atoms with E-state index in [1.807, 2.05) is 26.8 Å². The Balaban J connectivity index is 2.08. The number of hydrogen-bond acceptors (Lipinski definition) is 6. The maximum absolute atomic E-state index is 12.1. The van der Waals surface area contributed by atoms with Gasteiger partial charge in [-0.1, -0.05) is 0 Å². The Labute approximate surface area is 136 Å². The van der Waals surface area contributed by atoms with Gasteiger partial charge in [-0.2, -0.15) is 8.42 Å². The Morgan fingerprint density at radius 2 is 2.09 bits per heavy atom. The molecule has 0 fully saturated rings. The van der Waals surface area contributed by atoms with Crippen LogP contribution in [0.3, 0.4) is 0 Å². The van der Waals surface area contributed by atoms with Crippen molar-refractivity contribution in [3.63, 3.8) is 0 Å². The molecule has 0 saturated heterocycles. The van der Waals surface area contributed by atoms with Gasteiger partial charge in [0.25, 0.3) is 10.1 Å². The van der Waals surface area contributed by atoms with E-state index in [2.05, 4.69) is 4.98 Å². The summed E-state index contributed by atoms with van der Waals surface area (Å²) in [4.78, 5) is 18.1. The second kappa shape index (κ2) is 6.45. The highest BCUT2D eigenvalue weighted by atomic mass is 32.2. The topological polar surface area (TPSA) is 85.8 Å². The third-order valence-electron chi connectivity index (χ3n) is 3.19. The summed E-state index contributed by atoms with van der Waals surface area (Å²) in [7, 11) is -3.50. The van der Waals surface area contributed by atoms with Crippen molar-refractivity contribution in [3.05, 3.63) is 29.1 Å². The van der Waals surface area contributed by atoms with Crippen LogP contribution in [0.2, 0.25) is 0 Å². The van der Waals surface area contributed by atoms with Gasteiger partial charge in [0, 0.05) is 24.9 Å². The van der Waals surface area contributed by atoms with E-state index < -0.39 is 15.7 Å². The number of rotatable bonds is 3. The molecule has 0 bridgehead atoms. The van der Waals surface area contributed by atoms with Crippen molar-refractivity contribution in [3.8, 4) is 0 Å². The zero-order valence-corrected chi connectivity index (χ0v) is 14.6. The van der Waals surface area contributed by atoms with Gasteiger partial charge in [-0.3, -0.25) is 9.17 Å². The second-order valence-electron chi connectivity index (χ2n) is 6.57. The highest BCUT2D eigenvalue weighted by Crippen LogP contribution is 2.21. The molecule has 0 aromatic carbocycles. The highest BCUT2D eigenvalue weighted by Gasteiger charge is 2.26. The summed E-state index contributed by atoms with van der Waals surface area (Å²) in [6, 6.07) is 1.82. The zero-order valence-electron chi connectivity index (χ0n) is 13.8. The van der Waals surface area contributed by atoms with Gasteiger partial charge in [0.1, 0.15) is 5.60 Å². The van der Waals surface area contributed by atoms with E-state index in [-0.39, 0.29) is 12.7 Å². The van der Waals surface area contributed by atoms with Gasteiger partial charge in [0.2, 0.25) is 0 Å². The zero-order chi connectivity index (χ0) is 17.3. The lowest BCUT2D eigenvalue weighted by molar-refractivity contribution is 0.0222. The van der Waals surface area contributed by atoms with Crippen LogP contribution in [0.15, 0.2) is 12.3 Å². The lowest BCUT2D eigenvalue weighted by Crippen LogP contribution is -2.40. The molecule has 8 heteroatoms. The summed E-state index contributed by atoms with van der Waals surface area (Å²) in [5, 5.41) is 0. The van der Waals surface area contributed by atoms with Crippen molar-refractivity contribution in [1.29, 1.82) is 0 Å². The molecule has 1 aromatic rings. The number of ether oxygens (including phenoxy) is 1. The average Bonchev–Trinajstić information content (AvgIpc) is 2.41. The standard InChI is InChI=1S/C15H22N2O5S/c1-15(2,3)22-14(18)17-6-5-13-12(9-17)7-11(8-16-13)10-21-23(4,19)20/h7-8H,5-6,9-10H2,1-4H3. The molecule has 1 aromatic heterocycles. The predicted octanol–water partition coefficient (Wildman–Crippen LogP) is 1.85. The van der Waals surface area contributed by atoms with Crippen LogP contribution < -0.4 is 0 Å². The molecule has 23 heavy (non-hydrogen) atoms. The minimum absolute atomic E-state index is 0.0639. The summed E-state index contributed by atoms with van der Waals surface area (Å²) < 4.78 is 32.3. The molecular weight excluding hydrogens is 320 g/mol. The van der Waals surface area contributed by atoms with Crippen LogP contribution >= 0.6 is 0 Å². The van der Waals surface area contributed by atoms with E-state index in [0.29, 0.717) is 25.1 Å². The molecule has 0 saturated carbocycles. The van der Waals surface area contributed by atoms with Crippen LogP contribution in [-0.2, 0) is 38.6 Å². The van der Waals surface area contributed by atoms with Gasteiger partial charge >= 0.3 is 6.09 Å². The van der Waals surface area contributed by atoms with E-state index in [0.717, 1.165) is 17.5 Å². The molecule has 0 unspecified atom stereocenters.